The lowest BCUT2D eigenvalue weighted by molar-refractivity contribution is -0.379. The lowest BCUT2D eigenvalue weighted by Crippen LogP contribution is -2.66. The summed E-state index contributed by atoms with van der Waals surface area (Å²) in [6, 6.07) is -1.01. The molecule has 0 radical (unpaired) electrons. The summed E-state index contributed by atoms with van der Waals surface area (Å²) in [5.41, 5.74) is 0. The van der Waals surface area contributed by atoms with Crippen LogP contribution in [0, 0.1) is 0 Å². The van der Waals surface area contributed by atoms with Gasteiger partial charge in [0.2, 0.25) is 5.91 Å². The third-order valence-electron chi connectivity index (χ3n) is 14.1. The van der Waals surface area contributed by atoms with Crippen molar-refractivity contribution in [1.82, 2.24) is 5.32 Å². The molecular formula is C61H101NO18. The van der Waals surface area contributed by atoms with Gasteiger partial charge in [0.15, 0.2) is 18.9 Å². The molecule has 19 nitrogen and oxygen atoms in total. The Bertz CT molecular complexity index is 1840. The second-order valence-corrected chi connectivity index (χ2v) is 20.7. The molecule has 3 heterocycles. The van der Waals surface area contributed by atoms with Crippen LogP contribution >= 0.6 is 0 Å². The number of hydrogen-bond acceptors (Lipinski definition) is 18. The molecule has 3 aliphatic rings. The molecule has 0 aliphatic carbocycles. The van der Waals surface area contributed by atoms with Crippen molar-refractivity contribution < 1.29 is 89.4 Å². The van der Waals surface area contributed by atoms with Gasteiger partial charge in [0, 0.05) is 6.42 Å². The van der Waals surface area contributed by atoms with Crippen LogP contribution in [0.25, 0.3) is 0 Å². The predicted octanol–water partition coefficient (Wildman–Crippen LogP) is 4.98. The van der Waals surface area contributed by atoms with Crippen molar-refractivity contribution in [3.63, 3.8) is 0 Å². The van der Waals surface area contributed by atoms with Crippen LogP contribution in [0.5, 0.6) is 0 Å². The SMILES string of the molecule is CC/C=C\C/C=C\C/C=C\C/C=C\C/C=C\C/C=C\C/C=C\CCCC(=O)NC(COC1OC(CO)C(OC2OC(CO)C(OC3OC(CO)C(O)C(O)C3O)C(O)C2O)C(O)C1O)C(O)/C=C/CCCCCCCCCCCC. The van der Waals surface area contributed by atoms with Crippen molar-refractivity contribution in [2.24, 2.45) is 0 Å². The van der Waals surface area contributed by atoms with E-state index >= 15 is 0 Å². The van der Waals surface area contributed by atoms with Crippen LogP contribution in [0.1, 0.15) is 149 Å². The summed E-state index contributed by atoms with van der Waals surface area (Å²) in [7, 11) is 0. The Balaban J connectivity index is 1.51. The predicted molar refractivity (Wildman–Crippen MR) is 304 cm³/mol. The van der Waals surface area contributed by atoms with E-state index in [4.69, 9.17) is 28.4 Å². The van der Waals surface area contributed by atoms with Gasteiger partial charge in [-0.3, -0.25) is 4.79 Å². The third kappa shape index (κ3) is 27.0. The Hall–Kier alpha value is -3.29. The van der Waals surface area contributed by atoms with Gasteiger partial charge in [-0.05, 0) is 70.6 Å². The number of carbonyl (C=O) groups is 1. The second kappa shape index (κ2) is 43.4. The summed E-state index contributed by atoms with van der Waals surface area (Å²) in [6.45, 7) is 1.52. The number of carbonyl (C=O) groups excluding carboxylic acids is 1. The molecule has 17 atom stereocenters. The maximum Gasteiger partial charge on any atom is 0.220 e. The van der Waals surface area contributed by atoms with Crippen LogP contribution in [0.15, 0.2) is 97.2 Å². The number of aliphatic hydroxyl groups excluding tert-OH is 11. The van der Waals surface area contributed by atoms with Gasteiger partial charge in [0.25, 0.3) is 0 Å². The van der Waals surface area contributed by atoms with E-state index in [0.29, 0.717) is 12.8 Å². The Morgan fingerprint density at radius 3 is 1.34 bits per heavy atom. The fraction of sp³-hybridized carbons (Fsp3) is 0.721. The third-order valence-corrected chi connectivity index (χ3v) is 14.1. The van der Waals surface area contributed by atoms with Crippen molar-refractivity contribution in [3.8, 4) is 0 Å². The van der Waals surface area contributed by atoms with E-state index < -0.39 is 124 Å². The zero-order valence-corrected chi connectivity index (χ0v) is 47.5. The molecule has 19 heteroatoms. The molecule has 3 aliphatic heterocycles. The number of hydrogen-bond donors (Lipinski definition) is 12. The number of unbranched alkanes of at least 4 members (excludes halogenated alkanes) is 11. The van der Waals surface area contributed by atoms with Gasteiger partial charge in [-0.1, -0.05) is 169 Å². The highest BCUT2D eigenvalue weighted by atomic mass is 16.8. The molecule has 0 aromatic carbocycles. The zero-order valence-electron chi connectivity index (χ0n) is 47.5. The van der Waals surface area contributed by atoms with E-state index in [-0.39, 0.29) is 18.9 Å². The lowest BCUT2D eigenvalue weighted by atomic mass is 9.96. The highest BCUT2D eigenvalue weighted by Crippen LogP contribution is 2.33. The highest BCUT2D eigenvalue weighted by molar-refractivity contribution is 5.76. The normalized spacial score (nSPS) is 30.7. The smallest absolute Gasteiger partial charge is 0.220 e. The molecule has 0 aromatic rings. The molecule has 0 saturated carbocycles. The van der Waals surface area contributed by atoms with E-state index in [2.05, 4.69) is 92.1 Å². The summed E-state index contributed by atoms with van der Waals surface area (Å²) in [5, 5.41) is 120. The highest BCUT2D eigenvalue weighted by Gasteiger charge is 2.53. The largest absolute Gasteiger partial charge is 0.394 e. The summed E-state index contributed by atoms with van der Waals surface area (Å²) >= 11 is 0. The quantitative estimate of drug-likeness (QED) is 0.0284. The first kappa shape index (κ1) is 71.0. The maximum absolute atomic E-state index is 13.3. The molecule has 3 fully saturated rings. The maximum atomic E-state index is 13.3. The first-order valence-corrected chi connectivity index (χ1v) is 29.5. The summed E-state index contributed by atoms with van der Waals surface area (Å²) in [5.74, 6) is -0.340. The second-order valence-electron chi connectivity index (χ2n) is 20.7. The first-order valence-electron chi connectivity index (χ1n) is 29.5. The van der Waals surface area contributed by atoms with Crippen molar-refractivity contribution in [3.05, 3.63) is 97.2 Å². The minimum absolute atomic E-state index is 0.157. The van der Waals surface area contributed by atoms with Gasteiger partial charge in [0.1, 0.15) is 73.2 Å². The number of rotatable bonds is 41. The number of aliphatic hydroxyl groups is 11. The topological polar surface area (TPSA) is 307 Å². The molecule has 0 spiro atoms. The molecule has 80 heavy (non-hydrogen) atoms. The summed E-state index contributed by atoms with van der Waals surface area (Å²) < 4.78 is 34.2. The van der Waals surface area contributed by atoms with E-state index in [1.807, 2.05) is 18.2 Å². The fourth-order valence-corrected chi connectivity index (χ4v) is 9.29. The van der Waals surface area contributed by atoms with Crippen LogP contribution in [-0.4, -0.2) is 193 Å². The average Bonchev–Trinajstić information content (AvgIpc) is 3.45. The molecule has 3 saturated heterocycles. The van der Waals surface area contributed by atoms with Crippen molar-refractivity contribution in [2.45, 2.75) is 253 Å². The summed E-state index contributed by atoms with van der Waals surface area (Å²) in [6.07, 6.45) is 26.8. The average molecular weight is 1140 g/mol. The molecule has 1 amide bonds. The van der Waals surface area contributed by atoms with Gasteiger partial charge in [-0.2, -0.15) is 0 Å². The van der Waals surface area contributed by atoms with Crippen molar-refractivity contribution >= 4 is 5.91 Å². The van der Waals surface area contributed by atoms with Crippen LogP contribution in [0.3, 0.4) is 0 Å². The fourth-order valence-electron chi connectivity index (χ4n) is 9.29. The van der Waals surface area contributed by atoms with Gasteiger partial charge in [-0.15, -0.1) is 0 Å². The van der Waals surface area contributed by atoms with Gasteiger partial charge in [0.05, 0.1) is 38.6 Å². The van der Waals surface area contributed by atoms with Gasteiger partial charge < -0.3 is 89.9 Å². The Morgan fingerprint density at radius 1 is 0.463 bits per heavy atom. The van der Waals surface area contributed by atoms with Gasteiger partial charge >= 0.3 is 0 Å². The summed E-state index contributed by atoms with van der Waals surface area (Å²) in [4.78, 5) is 13.3. The first-order chi connectivity index (χ1) is 38.8. The van der Waals surface area contributed by atoms with Crippen LogP contribution < -0.4 is 5.32 Å². The van der Waals surface area contributed by atoms with E-state index in [9.17, 15) is 61.0 Å². The lowest BCUT2D eigenvalue weighted by Gasteiger charge is -2.48. The van der Waals surface area contributed by atoms with Crippen LogP contribution in [-0.2, 0) is 33.2 Å². The Kier molecular flexibility index (Phi) is 38.5. The minimum atomic E-state index is -1.99. The van der Waals surface area contributed by atoms with Crippen molar-refractivity contribution in [1.29, 1.82) is 0 Å². The number of allylic oxidation sites excluding steroid dienone is 15. The van der Waals surface area contributed by atoms with E-state index in [1.54, 1.807) is 6.08 Å². The molecule has 0 aromatic heterocycles. The number of amides is 1. The Morgan fingerprint density at radius 2 is 0.863 bits per heavy atom. The van der Waals surface area contributed by atoms with Crippen LogP contribution in [0.4, 0.5) is 0 Å². The molecule has 17 unspecified atom stereocenters. The van der Waals surface area contributed by atoms with Crippen LogP contribution in [0.2, 0.25) is 0 Å². The van der Waals surface area contributed by atoms with E-state index in [1.165, 1.54) is 44.9 Å². The van der Waals surface area contributed by atoms with Gasteiger partial charge in [-0.25, -0.2) is 0 Å². The number of ether oxygens (including phenoxy) is 6. The standard InChI is InChI=1S/C61H101NO18/c1-3-5-7-9-11-13-15-17-18-19-20-21-22-23-24-25-26-27-29-31-33-35-37-39-49(67)62-44(45(66)38-36-34-32-30-28-16-14-12-10-8-6-4-2)43-75-59-55(73)52(70)57(47(41-64)77-59)80-61-56(74)53(71)58(48(42-65)78-61)79-60-54(72)51(69)50(68)46(40-63)76-60/h5,7,11,13,17-18,20-21,23-24,26-27,31,33,36,38,44-48,50-61,63-66,68-74H,3-4,6,8-10,12,14-16,19,22,25,28-30,32,34-35,37,39-43H2,1-2H3,(H,62,67)/b7-5-,13-11-,18-17-,21-20-,24-23-,27-26-,33-31-,38-36+. The Labute approximate surface area is 475 Å². The number of nitrogens with one attached hydrogen (secondary N) is 1. The van der Waals surface area contributed by atoms with E-state index in [0.717, 1.165) is 70.6 Å². The van der Waals surface area contributed by atoms with Crippen molar-refractivity contribution in [2.75, 3.05) is 26.4 Å². The molecule has 12 N–H and O–H groups in total. The molecule has 0 bridgehead atoms. The minimum Gasteiger partial charge on any atom is -0.394 e. The molecule has 3 rings (SSSR count). The molecule has 458 valence electrons. The molecular weight excluding hydrogens is 1030 g/mol. The zero-order chi connectivity index (χ0) is 58.3. The monoisotopic (exact) mass is 1140 g/mol.